The molecule has 1 atom stereocenters. The van der Waals surface area contributed by atoms with Gasteiger partial charge >= 0.3 is 0 Å². The summed E-state index contributed by atoms with van der Waals surface area (Å²) < 4.78 is 25.9. The van der Waals surface area contributed by atoms with E-state index in [9.17, 15) is 13.6 Å². The fourth-order valence-electron chi connectivity index (χ4n) is 1.90. The molecule has 1 heterocycles. The van der Waals surface area contributed by atoms with Crippen LogP contribution in [0.5, 0.6) is 0 Å². The van der Waals surface area contributed by atoms with Gasteiger partial charge in [-0.15, -0.1) is 11.8 Å². The van der Waals surface area contributed by atoms with Crippen molar-refractivity contribution < 1.29 is 13.6 Å². The summed E-state index contributed by atoms with van der Waals surface area (Å²) in [6.45, 7) is 0.0144. The first-order chi connectivity index (χ1) is 9.46. The number of halogens is 3. The van der Waals surface area contributed by atoms with Gasteiger partial charge < -0.3 is 5.32 Å². The predicted octanol–water partition coefficient (Wildman–Crippen LogP) is 2.55. The van der Waals surface area contributed by atoms with Crippen LogP contribution in [-0.4, -0.2) is 36.7 Å². The van der Waals surface area contributed by atoms with E-state index < -0.39 is 24.9 Å². The Kier molecular flexibility index (Phi) is 5.23. The monoisotopic (exact) mass is 320 g/mol. The molecule has 2 rings (SSSR count). The van der Waals surface area contributed by atoms with Crippen LogP contribution in [0, 0.1) is 0 Å². The number of carbonyl (C=O) groups is 1. The topological polar surface area (TPSA) is 41.1 Å². The van der Waals surface area contributed by atoms with Crippen molar-refractivity contribution in [2.45, 2.75) is 23.3 Å². The van der Waals surface area contributed by atoms with E-state index in [4.69, 9.17) is 11.6 Å². The molecule has 1 aliphatic heterocycles. The van der Waals surface area contributed by atoms with Crippen LogP contribution in [0.2, 0.25) is 5.02 Å². The largest absolute Gasteiger partial charge is 0.354 e. The van der Waals surface area contributed by atoms with Gasteiger partial charge in [-0.2, -0.15) is 0 Å². The quantitative estimate of drug-likeness (QED) is 0.647. The van der Waals surface area contributed by atoms with Gasteiger partial charge in [0.25, 0.3) is 5.92 Å². The van der Waals surface area contributed by atoms with Gasteiger partial charge in [0.15, 0.2) is 0 Å². The minimum absolute atomic E-state index is 0.362. The Morgan fingerprint density at radius 3 is 2.75 bits per heavy atom. The zero-order valence-electron chi connectivity index (χ0n) is 10.7. The summed E-state index contributed by atoms with van der Waals surface area (Å²) in [4.78, 5) is 12.7. The van der Waals surface area contributed by atoms with Gasteiger partial charge in [-0.3, -0.25) is 10.1 Å². The summed E-state index contributed by atoms with van der Waals surface area (Å²) >= 11 is 7.35. The standard InChI is InChI=1S/C13H15ClF2N2OS/c14-9-1-3-10(4-2-9)20-6-5-17-12(19)11-7-13(15,16)8-18-11/h1-4,11,18H,5-8H2,(H,17,19). The zero-order chi connectivity index (χ0) is 14.6. The molecular weight excluding hydrogens is 306 g/mol. The van der Waals surface area contributed by atoms with Gasteiger partial charge in [-0.1, -0.05) is 11.6 Å². The molecule has 2 N–H and O–H groups in total. The predicted molar refractivity (Wildman–Crippen MR) is 76.5 cm³/mol. The molecule has 0 saturated carbocycles. The second-order valence-electron chi connectivity index (χ2n) is 4.59. The van der Waals surface area contributed by atoms with Gasteiger partial charge in [-0.25, -0.2) is 8.78 Å². The Morgan fingerprint density at radius 2 is 2.15 bits per heavy atom. The Hall–Kier alpha value is -0.850. The van der Waals surface area contributed by atoms with Crippen molar-refractivity contribution in [3.8, 4) is 0 Å². The first-order valence-electron chi connectivity index (χ1n) is 6.24. The second kappa shape index (κ2) is 6.74. The van der Waals surface area contributed by atoms with Crippen LogP contribution < -0.4 is 10.6 Å². The fraction of sp³-hybridized carbons (Fsp3) is 0.462. The Balaban J connectivity index is 1.66. The van der Waals surface area contributed by atoms with E-state index in [0.29, 0.717) is 17.3 Å². The number of benzene rings is 1. The summed E-state index contributed by atoms with van der Waals surface area (Å²) in [6.07, 6.45) is -0.427. The van der Waals surface area contributed by atoms with Crippen LogP contribution in [0.1, 0.15) is 6.42 Å². The van der Waals surface area contributed by atoms with Crippen molar-refractivity contribution in [1.29, 1.82) is 0 Å². The summed E-state index contributed by atoms with van der Waals surface area (Å²) in [5.74, 6) is -2.46. The lowest BCUT2D eigenvalue weighted by molar-refractivity contribution is -0.123. The van der Waals surface area contributed by atoms with E-state index in [1.54, 1.807) is 23.9 Å². The summed E-state index contributed by atoms with van der Waals surface area (Å²) in [5, 5.41) is 5.87. The Bertz CT molecular complexity index is 470. The van der Waals surface area contributed by atoms with Crippen molar-refractivity contribution in [2.24, 2.45) is 0 Å². The van der Waals surface area contributed by atoms with E-state index in [1.165, 1.54) is 0 Å². The molecule has 110 valence electrons. The molecule has 0 spiro atoms. The molecule has 0 aliphatic carbocycles. The smallest absolute Gasteiger partial charge is 0.262 e. The van der Waals surface area contributed by atoms with Crippen LogP contribution in [0.15, 0.2) is 29.2 Å². The maximum Gasteiger partial charge on any atom is 0.262 e. The molecule has 3 nitrogen and oxygen atoms in total. The lowest BCUT2D eigenvalue weighted by Gasteiger charge is -2.11. The molecular formula is C13H15ClF2N2OS. The number of rotatable bonds is 5. The highest BCUT2D eigenvalue weighted by Gasteiger charge is 2.42. The minimum atomic E-state index is -2.78. The highest BCUT2D eigenvalue weighted by molar-refractivity contribution is 7.99. The third-order valence-corrected chi connectivity index (χ3v) is 4.18. The van der Waals surface area contributed by atoms with E-state index in [0.717, 1.165) is 4.90 Å². The molecule has 1 amide bonds. The van der Waals surface area contributed by atoms with Crippen molar-refractivity contribution in [3.05, 3.63) is 29.3 Å². The number of hydrogen-bond acceptors (Lipinski definition) is 3. The molecule has 0 bridgehead atoms. The first-order valence-corrected chi connectivity index (χ1v) is 7.60. The third kappa shape index (κ3) is 4.61. The molecule has 0 aromatic heterocycles. The molecule has 7 heteroatoms. The SMILES string of the molecule is O=C(NCCSc1ccc(Cl)cc1)C1CC(F)(F)CN1. The van der Waals surface area contributed by atoms with Crippen molar-refractivity contribution in [2.75, 3.05) is 18.8 Å². The number of hydrogen-bond donors (Lipinski definition) is 2. The Labute approximate surface area is 125 Å². The normalized spacial score (nSPS) is 20.9. The average Bonchev–Trinajstić information content (AvgIpc) is 2.77. The number of carbonyl (C=O) groups excluding carboxylic acids is 1. The van der Waals surface area contributed by atoms with Crippen molar-refractivity contribution in [3.63, 3.8) is 0 Å². The van der Waals surface area contributed by atoms with E-state index in [-0.39, 0.29) is 5.91 Å². The van der Waals surface area contributed by atoms with Crippen LogP contribution in [0.3, 0.4) is 0 Å². The highest BCUT2D eigenvalue weighted by Crippen LogP contribution is 2.25. The van der Waals surface area contributed by atoms with Gasteiger partial charge in [-0.05, 0) is 24.3 Å². The number of alkyl halides is 2. The lowest BCUT2D eigenvalue weighted by atomic mass is 10.2. The average molecular weight is 321 g/mol. The maximum atomic E-state index is 12.9. The van der Waals surface area contributed by atoms with Crippen molar-refractivity contribution >= 4 is 29.3 Å². The molecule has 1 aromatic carbocycles. The van der Waals surface area contributed by atoms with Gasteiger partial charge in [0.2, 0.25) is 5.91 Å². The van der Waals surface area contributed by atoms with Crippen LogP contribution in [0.25, 0.3) is 0 Å². The van der Waals surface area contributed by atoms with E-state index >= 15 is 0 Å². The number of thioether (sulfide) groups is 1. The molecule has 1 saturated heterocycles. The number of nitrogens with one attached hydrogen (secondary N) is 2. The molecule has 1 unspecified atom stereocenters. The molecule has 0 radical (unpaired) electrons. The summed E-state index contributed by atoms with van der Waals surface area (Å²) in [6, 6.07) is 6.60. The van der Waals surface area contributed by atoms with Gasteiger partial charge in [0.1, 0.15) is 0 Å². The lowest BCUT2D eigenvalue weighted by Crippen LogP contribution is -2.41. The van der Waals surface area contributed by atoms with E-state index in [2.05, 4.69) is 10.6 Å². The molecule has 1 aliphatic rings. The first kappa shape index (κ1) is 15.5. The van der Waals surface area contributed by atoms with Crippen LogP contribution in [0.4, 0.5) is 8.78 Å². The van der Waals surface area contributed by atoms with E-state index in [1.807, 2.05) is 12.1 Å². The fourth-order valence-corrected chi connectivity index (χ4v) is 2.79. The van der Waals surface area contributed by atoms with Crippen LogP contribution >= 0.6 is 23.4 Å². The minimum Gasteiger partial charge on any atom is -0.354 e. The molecule has 1 aromatic rings. The summed E-state index contributed by atoms with van der Waals surface area (Å²) in [7, 11) is 0. The molecule has 20 heavy (non-hydrogen) atoms. The zero-order valence-corrected chi connectivity index (χ0v) is 12.2. The summed E-state index contributed by atoms with van der Waals surface area (Å²) in [5.41, 5.74) is 0. The van der Waals surface area contributed by atoms with Crippen LogP contribution in [-0.2, 0) is 4.79 Å². The third-order valence-electron chi connectivity index (χ3n) is 2.91. The Morgan fingerprint density at radius 1 is 1.45 bits per heavy atom. The number of amides is 1. The van der Waals surface area contributed by atoms with Gasteiger partial charge in [0.05, 0.1) is 12.6 Å². The maximum absolute atomic E-state index is 12.9. The highest BCUT2D eigenvalue weighted by atomic mass is 35.5. The van der Waals surface area contributed by atoms with Crippen molar-refractivity contribution in [1.82, 2.24) is 10.6 Å². The molecule has 1 fully saturated rings. The van der Waals surface area contributed by atoms with Gasteiger partial charge in [0, 0.05) is 28.6 Å². The second-order valence-corrected chi connectivity index (χ2v) is 6.19.